The van der Waals surface area contributed by atoms with Gasteiger partial charge in [-0.25, -0.2) is 0 Å². The fourth-order valence-electron chi connectivity index (χ4n) is 1.15. The van der Waals surface area contributed by atoms with Crippen LogP contribution in [0.2, 0.25) is 10.0 Å². The molecule has 0 N–H and O–H groups in total. The maximum absolute atomic E-state index is 5.82. The van der Waals surface area contributed by atoms with Crippen LogP contribution in [0, 0.1) is 6.92 Å². The number of ether oxygens (including phenoxy) is 1. The van der Waals surface area contributed by atoms with Gasteiger partial charge in [-0.3, -0.25) is 0 Å². The summed E-state index contributed by atoms with van der Waals surface area (Å²) in [6, 6.07) is 4.96. The molecule has 0 aliphatic heterocycles. The van der Waals surface area contributed by atoms with E-state index in [1.165, 1.54) is 0 Å². The van der Waals surface area contributed by atoms with E-state index in [0.29, 0.717) is 27.6 Å². The molecule has 0 aliphatic carbocycles. The molecule has 4 nitrogen and oxygen atoms in total. The molecule has 0 bridgehead atoms. The summed E-state index contributed by atoms with van der Waals surface area (Å²) in [4.78, 5) is 0. The van der Waals surface area contributed by atoms with Crippen LogP contribution in [-0.4, -0.2) is 10.2 Å². The number of nitrogens with zero attached hydrogens (tertiary/aromatic N) is 2. The molecule has 1 aromatic heterocycles. The molecular formula is C10H8Cl2N2O2. The van der Waals surface area contributed by atoms with Gasteiger partial charge in [0.05, 0.1) is 0 Å². The summed E-state index contributed by atoms with van der Waals surface area (Å²) in [5.41, 5.74) is 0. The molecule has 0 spiro atoms. The maximum Gasteiger partial charge on any atom is 0.253 e. The number of aryl methyl sites for hydroxylation is 1. The molecule has 1 heterocycles. The van der Waals surface area contributed by atoms with Crippen molar-refractivity contribution in [2.24, 2.45) is 0 Å². The maximum atomic E-state index is 5.82. The highest BCUT2D eigenvalue weighted by Crippen LogP contribution is 2.24. The molecule has 0 saturated carbocycles. The third kappa shape index (κ3) is 2.87. The summed E-state index contributed by atoms with van der Waals surface area (Å²) < 4.78 is 10.6. The Balaban J connectivity index is 2.04. The predicted molar refractivity (Wildman–Crippen MR) is 59.8 cm³/mol. The van der Waals surface area contributed by atoms with E-state index in [2.05, 4.69) is 10.2 Å². The molecule has 1 aromatic carbocycles. The van der Waals surface area contributed by atoms with Crippen LogP contribution in [0.1, 0.15) is 11.8 Å². The Hall–Kier alpha value is -1.26. The van der Waals surface area contributed by atoms with Crippen LogP contribution >= 0.6 is 23.2 Å². The van der Waals surface area contributed by atoms with Crippen molar-refractivity contribution in [3.8, 4) is 5.75 Å². The molecular weight excluding hydrogens is 251 g/mol. The van der Waals surface area contributed by atoms with E-state index in [4.69, 9.17) is 32.4 Å². The first-order chi connectivity index (χ1) is 7.63. The second kappa shape index (κ2) is 4.72. The van der Waals surface area contributed by atoms with Gasteiger partial charge in [0.25, 0.3) is 5.89 Å². The Morgan fingerprint density at radius 1 is 1.19 bits per heavy atom. The number of benzene rings is 1. The van der Waals surface area contributed by atoms with E-state index in [1.807, 2.05) is 0 Å². The third-order valence-electron chi connectivity index (χ3n) is 1.77. The zero-order valence-corrected chi connectivity index (χ0v) is 9.92. The quantitative estimate of drug-likeness (QED) is 0.848. The lowest BCUT2D eigenvalue weighted by Crippen LogP contribution is -1.95. The lowest BCUT2D eigenvalue weighted by molar-refractivity contribution is 0.260. The fourth-order valence-corrected chi connectivity index (χ4v) is 1.66. The van der Waals surface area contributed by atoms with Crippen molar-refractivity contribution in [3.63, 3.8) is 0 Å². The second-order valence-electron chi connectivity index (χ2n) is 3.11. The summed E-state index contributed by atoms with van der Waals surface area (Å²) in [5, 5.41) is 8.52. The summed E-state index contributed by atoms with van der Waals surface area (Å²) >= 11 is 11.6. The first-order valence-corrected chi connectivity index (χ1v) is 5.27. The molecule has 0 aliphatic rings. The van der Waals surface area contributed by atoms with E-state index < -0.39 is 0 Å². The number of hydrogen-bond donors (Lipinski definition) is 0. The van der Waals surface area contributed by atoms with Crippen molar-refractivity contribution in [1.29, 1.82) is 0 Å². The van der Waals surface area contributed by atoms with Crippen LogP contribution in [0.25, 0.3) is 0 Å². The summed E-state index contributed by atoms with van der Waals surface area (Å²) in [6.45, 7) is 1.91. The van der Waals surface area contributed by atoms with Crippen molar-refractivity contribution in [2.45, 2.75) is 13.5 Å². The van der Waals surface area contributed by atoms with Gasteiger partial charge < -0.3 is 9.15 Å². The van der Waals surface area contributed by atoms with Gasteiger partial charge in [0.1, 0.15) is 5.75 Å². The van der Waals surface area contributed by atoms with Crippen molar-refractivity contribution >= 4 is 23.2 Å². The lowest BCUT2D eigenvalue weighted by Gasteiger charge is -2.04. The standard InChI is InChI=1S/C10H8Cl2N2O2/c1-6-13-14-10(16-6)5-15-9-3-7(11)2-8(12)4-9/h2-4H,5H2,1H3. The summed E-state index contributed by atoms with van der Waals surface area (Å²) in [6.07, 6.45) is 0. The minimum absolute atomic E-state index is 0.192. The van der Waals surface area contributed by atoms with Gasteiger partial charge in [-0.2, -0.15) is 0 Å². The molecule has 0 saturated heterocycles. The molecule has 84 valence electrons. The molecule has 0 unspecified atom stereocenters. The minimum Gasteiger partial charge on any atom is -0.484 e. The van der Waals surface area contributed by atoms with Crippen molar-refractivity contribution in [1.82, 2.24) is 10.2 Å². The van der Waals surface area contributed by atoms with Crippen LogP contribution in [0.5, 0.6) is 5.75 Å². The zero-order valence-electron chi connectivity index (χ0n) is 8.41. The smallest absolute Gasteiger partial charge is 0.253 e. The number of hydrogen-bond acceptors (Lipinski definition) is 4. The average Bonchev–Trinajstić information content (AvgIpc) is 2.60. The molecule has 0 amide bonds. The lowest BCUT2D eigenvalue weighted by atomic mass is 10.3. The first kappa shape index (κ1) is 11.2. The predicted octanol–water partition coefficient (Wildman–Crippen LogP) is 3.26. The van der Waals surface area contributed by atoms with Gasteiger partial charge in [0.2, 0.25) is 5.89 Å². The normalized spacial score (nSPS) is 10.4. The highest BCUT2D eigenvalue weighted by atomic mass is 35.5. The van der Waals surface area contributed by atoms with Gasteiger partial charge in [-0.05, 0) is 18.2 Å². The molecule has 16 heavy (non-hydrogen) atoms. The summed E-state index contributed by atoms with van der Waals surface area (Å²) in [5.74, 6) is 1.48. The zero-order chi connectivity index (χ0) is 11.5. The van der Waals surface area contributed by atoms with E-state index in [1.54, 1.807) is 25.1 Å². The monoisotopic (exact) mass is 258 g/mol. The Kier molecular flexibility index (Phi) is 3.31. The average molecular weight is 259 g/mol. The van der Waals surface area contributed by atoms with Gasteiger partial charge in [-0.1, -0.05) is 23.2 Å². The van der Waals surface area contributed by atoms with Crippen LogP contribution in [-0.2, 0) is 6.61 Å². The Bertz CT molecular complexity index is 479. The molecule has 0 radical (unpaired) electrons. The Morgan fingerprint density at radius 3 is 2.44 bits per heavy atom. The molecule has 0 atom stereocenters. The largest absolute Gasteiger partial charge is 0.484 e. The Morgan fingerprint density at radius 2 is 1.88 bits per heavy atom. The van der Waals surface area contributed by atoms with E-state index in [0.717, 1.165) is 0 Å². The fraction of sp³-hybridized carbons (Fsp3) is 0.200. The van der Waals surface area contributed by atoms with Gasteiger partial charge in [0, 0.05) is 17.0 Å². The number of halogens is 2. The Labute approximate surface area is 102 Å². The van der Waals surface area contributed by atoms with Gasteiger partial charge >= 0.3 is 0 Å². The van der Waals surface area contributed by atoms with E-state index in [9.17, 15) is 0 Å². The van der Waals surface area contributed by atoms with Crippen LogP contribution in [0.15, 0.2) is 22.6 Å². The number of aromatic nitrogens is 2. The molecule has 6 heteroatoms. The second-order valence-corrected chi connectivity index (χ2v) is 3.98. The van der Waals surface area contributed by atoms with Crippen molar-refractivity contribution < 1.29 is 9.15 Å². The molecule has 2 rings (SSSR count). The van der Waals surface area contributed by atoms with Crippen molar-refractivity contribution in [3.05, 3.63) is 40.0 Å². The van der Waals surface area contributed by atoms with Crippen LogP contribution in [0.3, 0.4) is 0 Å². The molecule has 0 fully saturated rings. The first-order valence-electron chi connectivity index (χ1n) is 4.51. The van der Waals surface area contributed by atoms with Gasteiger partial charge in [0.15, 0.2) is 6.61 Å². The van der Waals surface area contributed by atoms with Crippen LogP contribution < -0.4 is 4.74 Å². The van der Waals surface area contributed by atoms with E-state index in [-0.39, 0.29) is 6.61 Å². The van der Waals surface area contributed by atoms with E-state index >= 15 is 0 Å². The third-order valence-corrected chi connectivity index (χ3v) is 2.20. The molecule has 2 aromatic rings. The summed E-state index contributed by atoms with van der Waals surface area (Å²) in [7, 11) is 0. The highest BCUT2D eigenvalue weighted by molar-refractivity contribution is 6.34. The minimum atomic E-state index is 0.192. The van der Waals surface area contributed by atoms with Gasteiger partial charge in [-0.15, -0.1) is 10.2 Å². The number of rotatable bonds is 3. The van der Waals surface area contributed by atoms with Crippen molar-refractivity contribution in [2.75, 3.05) is 0 Å². The SMILES string of the molecule is Cc1nnc(COc2cc(Cl)cc(Cl)c2)o1. The van der Waals surface area contributed by atoms with Crippen LogP contribution in [0.4, 0.5) is 0 Å². The topological polar surface area (TPSA) is 48.2 Å². The highest BCUT2D eigenvalue weighted by Gasteiger charge is 2.04.